The molecule has 0 spiro atoms. The van der Waals surface area contributed by atoms with Gasteiger partial charge in [-0.1, -0.05) is 71.2 Å². The van der Waals surface area contributed by atoms with Crippen LogP contribution in [0.15, 0.2) is 93.8 Å². The molecule has 2 aliphatic rings. The molecule has 0 radical (unpaired) electrons. The molecule has 2 heterocycles. The Labute approximate surface area is 287 Å². The summed E-state index contributed by atoms with van der Waals surface area (Å²) in [7, 11) is -9.48. The second-order valence-electron chi connectivity index (χ2n) is 10.9. The Bertz CT molecular complexity index is 1980. The van der Waals surface area contributed by atoms with Gasteiger partial charge in [0.05, 0.1) is 39.6 Å². The lowest BCUT2D eigenvalue weighted by Crippen LogP contribution is -3.20. The van der Waals surface area contributed by atoms with Crippen molar-refractivity contribution < 1.29 is 35.7 Å². The molecular weight excluding hydrogens is 711 g/mol. The van der Waals surface area contributed by atoms with Crippen molar-refractivity contribution in [3.63, 3.8) is 0 Å². The van der Waals surface area contributed by atoms with Gasteiger partial charge in [-0.3, -0.25) is 9.80 Å². The minimum absolute atomic E-state index is 0.0792. The number of nitrogens with one attached hydrogen (secondary N) is 2. The lowest BCUT2D eigenvalue weighted by molar-refractivity contribution is -0.940. The predicted octanol–water partition coefficient (Wildman–Crippen LogP) is 4.70. The lowest BCUT2D eigenvalue weighted by Gasteiger charge is -2.25. The Morgan fingerprint density at radius 2 is 1.34 bits per heavy atom. The molecule has 4 aromatic carbocycles. The topological polar surface area (TPSA) is 164 Å². The first-order valence-electron chi connectivity index (χ1n) is 14.4. The first-order valence-corrected chi connectivity index (χ1v) is 18.3. The third kappa shape index (κ3) is 8.42. The van der Waals surface area contributed by atoms with Crippen LogP contribution in [0.4, 0.5) is 5.69 Å². The molecule has 16 heteroatoms. The number of fused-ring (bicyclic) bond motifs is 1. The molecule has 2 aliphatic heterocycles. The summed E-state index contributed by atoms with van der Waals surface area (Å²) in [5.74, 6) is -0.131. The summed E-state index contributed by atoms with van der Waals surface area (Å²) in [6.45, 7) is 1.90. The van der Waals surface area contributed by atoms with Gasteiger partial charge in [-0.2, -0.15) is 10.5 Å². The van der Waals surface area contributed by atoms with Crippen LogP contribution in [0.25, 0.3) is 10.8 Å². The number of rotatable bonds is 6. The Balaban J connectivity index is 0.000000207. The van der Waals surface area contributed by atoms with Gasteiger partial charge in [0.25, 0.3) is 0 Å². The highest BCUT2D eigenvalue weighted by Gasteiger charge is 2.34. The second kappa shape index (κ2) is 14.5. The molecule has 6 rings (SSSR count). The predicted molar refractivity (Wildman–Crippen MR) is 178 cm³/mol. The number of quaternary nitrogens is 1. The number of nitrogens with zero attached hydrogens (tertiary/aromatic N) is 2. The van der Waals surface area contributed by atoms with E-state index in [-0.39, 0.29) is 22.7 Å². The van der Waals surface area contributed by atoms with E-state index in [4.69, 9.17) is 34.8 Å². The number of hydrazone groups is 1. The largest absolute Gasteiger partial charge is 0.744 e. The van der Waals surface area contributed by atoms with Crippen LogP contribution in [0.3, 0.4) is 0 Å². The van der Waals surface area contributed by atoms with Gasteiger partial charge in [-0.25, -0.2) is 21.8 Å². The number of piperidine rings is 1. The molecule has 0 saturated carbocycles. The zero-order chi connectivity index (χ0) is 33.9. The highest BCUT2D eigenvalue weighted by molar-refractivity contribution is 7.86. The van der Waals surface area contributed by atoms with Gasteiger partial charge >= 0.3 is 5.91 Å². The summed E-state index contributed by atoms with van der Waals surface area (Å²) in [6, 6.07) is 19.8. The zero-order valence-corrected chi connectivity index (χ0v) is 28.4. The van der Waals surface area contributed by atoms with E-state index < -0.39 is 30.0 Å². The SMILES string of the molecule is O=C(N[NH+]1CCCCC1)C1=NN(c2ccc(Cl)cc2Cl)[C@H](c2ccc(Cl)cc2)C1.O=S(=O)([O-])c1cccc2c(S(=O)(=O)[O-])cccc12. The number of hydrogen-bond acceptors (Lipinski definition) is 9. The van der Waals surface area contributed by atoms with E-state index >= 15 is 0 Å². The van der Waals surface area contributed by atoms with Gasteiger partial charge in [0, 0.05) is 27.2 Å². The first-order chi connectivity index (χ1) is 22.2. The quantitative estimate of drug-likeness (QED) is 0.269. The highest BCUT2D eigenvalue weighted by Crippen LogP contribution is 2.40. The first kappa shape index (κ1) is 35.0. The molecule has 0 aliphatic carbocycles. The summed E-state index contributed by atoms with van der Waals surface area (Å²) in [6.07, 6.45) is 3.96. The van der Waals surface area contributed by atoms with Crippen molar-refractivity contribution in [3.8, 4) is 0 Å². The number of anilines is 1. The number of benzene rings is 4. The van der Waals surface area contributed by atoms with Crippen LogP contribution in [0.1, 0.15) is 37.3 Å². The van der Waals surface area contributed by atoms with Gasteiger partial charge in [0.15, 0.2) is 0 Å². The smallest absolute Gasteiger partial charge is 0.312 e. The van der Waals surface area contributed by atoms with Crippen molar-refractivity contribution in [2.75, 3.05) is 18.1 Å². The Hall–Kier alpha value is -3.27. The molecule has 4 aromatic rings. The van der Waals surface area contributed by atoms with Crippen LogP contribution < -0.4 is 15.4 Å². The normalized spacial score (nSPS) is 17.2. The van der Waals surface area contributed by atoms with E-state index in [0.717, 1.165) is 48.6 Å². The molecule has 1 fully saturated rings. The van der Waals surface area contributed by atoms with Crippen LogP contribution in [0, 0.1) is 0 Å². The second-order valence-corrected chi connectivity index (χ2v) is 14.9. The fourth-order valence-electron chi connectivity index (χ4n) is 5.51. The molecule has 248 valence electrons. The van der Waals surface area contributed by atoms with Crippen LogP contribution in [0.5, 0.6) is 0 Å². The standard InChI is InChI=1S/C21H21Cl3N4O.C10H8O6S2/c22-15-6-4-14(5-7-15)20-13-18(21(29)26-27-10-2-1-3-11-27)25-28(20)19-9-8-16(23)12-17(19)24;11-17(12,13)9-5-1-3-7-8(9)4-2-6-10(7)18(14,15)16/h4-9,12,20H,1-3,10-11,13H2,(H,26,29);1-6H,(H,11,12,13)(H,14,15,16)/p-1/t20-;/m0./s1. The number of halogens is 3. The maximum atomic E-state index is 12.9. The molecule has 0 bridgehead atoms. The Kier molecular flexibility index (Phi) is 10.8. The number of carbonyl (C=O) groups excluding carboxylic acids is 1. The van der Waals surface area contributed by atoms with Gasteiger partial charge in [0.1, 0.15) is 25.9 Å². The highest BCUT2D eigenvalue weighted by atomic mass is 35.5. The van der Waals surface area contributed by atoms with Crippen molar-refractivity contribution in [1.82, 2.24) is 5.43 Å². The van der Waals surface area contributed by atoms with Crippen molar-refractivity contribution >= 4 is 83.1 Å². The number of carbonyl (C=O) groups is 1. The summed E-state index contributed by atoms with van der Waals surface area (Å²) in [5.41, 5.74) is 5.30. The molecule has 1 atom stereocenters. The van der Waals surface area contributed by atoms with Gasteiger partial charge in [-0.05, 0) is 67.3 Å². The average molecular weight is 739 g/mol. The molecule has 1 amide bonds. The van der Waals surface area contributed by atoms with Gasteiger partial charge in [-0.15, -0.1) is 0 Å². The number of hydrogen-bond donors (Lipinski definition) is 2. The fraction of sp³-hybridized carbons (Fsp3) is 0.226. The van der Waals surface area contributed by atoms with E-state index in [1.54, 1.807) is 12.1 Å². The molecule has 2 N–H and O–H groups in total. The maximum Gasteiger partial charge on any atom is 0.312 e. The zero-order valence-electron chi connectivity index (χ0n) is 24.5. The summed E-state index contributed by atoms with van der Waals surface area (Å²) in [4.78, 5) is 11.8. The van der Waals surface area contributed by atoms with Crippen LogP contribution in [0.2, 0.25) is 15.1 Å². The molecule has 0 aromatic heterocycles. The Morgan fingerprint density at radius 3 is 1.87 bits per heavy atom. The third-order valence-electron chi connectivity index (χ3n) is 7.71. The summed E-state index contributed by atoms with van der Waals surface area (Å²) in [5, 5.41) is 9.12. The van der Waals surface area contributed by atoms with Crippen LogP contribution in [-0.2, 0) is 25.0 Å². The van der Waals surface area contributed by atoms with Gasteiger partial charge < -0.3 is 9.11 Å². The fourth-order valence-corrected chi connectivity index (χ4v) is 7.51. The van der Waals surface area contributed by atoms with Crippen molar-refractivity contribution in [2.45, 2.75) is 41.5 Å². The molecule has 47 heavy (non-hydrogen) atoms. The van der Waals surface area contributed by atoms with Crippen LogP contribution >= 0.6 is 34.8 Å². The average Bonchev–Trinajstić information content (AvgIpc) is 3.46. The van der Waals surface area contributed by atoms with E-state index in [1.807, 2.05) is 35.3 Å². The minimum atomic E-state index is -4.74. The molecule has 1 saturated heterocycles. The summed E-state index contributed by atoms with van der Waals surface area (Å²) >= 11 is 18.6. The Morgan fingerprint density at radius 1 is 0.787 bits per heavy atom. The maximum absolute atomic E-state index is 12.9. The molecule has 0 unspecified atom stereocenters. The van der Waals surface area contributed by atoms with E-state index in [2.05, 4.69) is 10.5 Å². The molecule has 11 nitrogen and oxygen atoms in total. The number of amides is 1. The summed E-state index contributed by atoms with van der Waals surface area (Å²) < 4.78 is 66.1. The van der Waals surface area contributed by atoms with Crippen LogP contribution in [-0.4, -0.2) is 50.6 Å². The molecular formula is C31H28Cl3N4O7S2-. The van der Waals surface area contributed by atoms with E-state index in [1.165, 1.54) is 30.7 Å². The van der Waals surface area contributed by atoms with Crippen molar-refractivity contribution in [1.29, 1.82) is 0 Å². The van der Waals surface area contributed by atoms with Crippen molar-refractivity contribution in [3.05, 3.63) is 99.5 Å². The van der Waals surface area contributed by atoms with E-state index in [0.29, 0.717) is 32.9 Å². The van der Waals surface area contributed by atoms with Gasteiger partial charge in [0.2, 0.25) is 0 Å². The minimum Gasteiger partial charge on any atom is -0.744 e. The van der Waals surface area contributed by atoms with E-state index in [9.17, 15) is 30.7 Å². The third-order valence-corrected chi connectivity index (χ3v) is 10.3. The monoisotopic (exact) mass is 737 g/mol. The lowest BCUT2D eigenvalue weighted by atomic mass is 10.0. The van der Waals surface area contributed by atoms with Crippen molar-refractivity contribution in [2.24, 2.45) is 5.10 Å².